The Bertz CT molecular complexity index is 2040. The van der Waals surface area contributed by atoms with Crippen LogP contribution >= 0.6 is 0 Å². The molecule has 0 bridgehead atoms. The SMILES string of the molecule is C=C(C)C(=O)Oc1ccc2c(ccc3cc(OC(=O)C(=C)C)ccc32)c1.C=CC(=O)OCCCCOc1ccc(-c2ccc(OCCCCCCCC)cc2)cc1. The Hall–Kier alpha value is -6.15. The van der Waals surface area contributed by atoms with Gasteiger partial charge in [-0.15, -0.1) is 0 Å². The molecule has 0 atom stereocenters. The van der Waals surface area contributed by atoms with Crippen LogP contribution in [0.3, 0.4) is 0 Å². The predicted octanol–water partition coefficient (Wildman–Crippen LogP) is 11.9. The number of benzene rings is 5. The van der Waals surface area contributed by atoms with E-state index in [2.05, 4.69) is 50.9 Å². The van der Waals surface area contributed by atoms with Crippen molar-refractivity contribution in [2.75, 3.05) is 19.8 Å². The number of hydrogen-bond donors (Lipinski definition) is 0. The van der Waals surface area contributed by atoms with Crippen molar-refractivity contribution in [2.45, 2.75) is 72.1 Å². The normalized spacial score (nSPS) is 10.5. The van der Waals surface area contributed by atoms with Crippen molar-refractivity contribution < 1.29 is 38.1 Å². The molecule has 8 heteroatoms. The number of fused-ring (bicyclic) bond motifs is 3. The highest BCUT2D eigenvalue weighted by molar-refractivity contribution is 6.08. The smallest absolute Gasteiger partial charge is 0.338 e. The number of ether oxygens (including phenoxy) is 5. The zero-order valence-corrected chi connectivity index (χ0v) is 33.5. The van der Waals surface area contributed by atoms with Crippen LogP contribution in [0.15, 0.2) is 134 Å². The average Bonchev–Trinajstić information content (AvgIpc) is 3.22. The van der Waals surface area contributed by atoms with E-state index in [0.717, 1.165) is 70.0 Å². The zero-order chi connectivity index (χ0) is 41.0. The molecule has 0 saturated carbocycles. The van der Waals surface area contributed by atoms with Gasteiger partial charge in [0, 0.05) is 17.2 Å². The van der Waals surface area contributed by atoms with Gasteiger partial charge in [0.2, 0.25) is 0 Å². The van der Waals surface area contributed by atoms with E-state index in [0.29, 0.717) is 35.9 Å². The molecular formula is C49H54O8. The summed E-state index contributed by atoms with van der Waals surface area (Å²) >= 11 is 0. The Labute approximate surface area is 336 Å². The van der Waals surface area contributed by atoms with Gasteiger partial charge in [0.15, 0.2) is 0 Å². The van der Waals surface area contributed by atoms with E-state index in [1.54, 1.807) is 26.0 Å². The Balaban J connectivity index is 0.000000256. The van der Waals surface area contributed by atoms with Gasteiger partial charge in [0.05, 0.1) is 19.8 Å². The molecule has 0 unspecified atom stereocenters. The first-order chi connectivity index (χ1) is 27.6. The van der Waals surface area contributed by atoms with E-state index in [1.807, 2.05) is 60.7 Å². The lowest BCUT2D eigenvalue weighted by Crippen LogP contribution is -2.08. The van der Waals surface area contributed by atoms with Crippen LogP contribution in [0.5, 0.6) is 23.0 Å². The standard InChI is InChI=1S/C27H36O4.C22H18O4/c1-3-5-6-7-8-9-20-29-25-16-12-23(13-17-25)24-14-18-26(19-15-24)30-21-10-11-22-31-27(28)4-2;1-13(2)21(23)25-17-7-9-19-15(11-17)5-6-16-12-18(8-10-20(16)19)26-22(24)14(3)4/h4,12-19H,2-3,5-11,20-22H2,1H3;5-12H,1,3H2,2,4H3. The third-order valence-electron chi connectivity index (χ3n) is 8.92. The first-order valence-corrected chi connectivity index (χ1v) is 19.5. The minimum atomic E-state index is -0.450. The van der Waals surface area contributed by atoms with E-state index < -0.39 is 11.9 Å². The van der Waals surface area contributed by atoms with E-state index in [4.69, 9.17) is 23.7 Å². The fraction of sp³-hybridized carbons (Fsp3) is 0.286. The molecule has 0 aromatic heterocycles. The summed E-state index contributed by atoms with van der Waals surface area (Å²) in [5, 5.41) is 3.90. The highest BCUT2D eigenvalue weighted by atomic mass is 16.5. The second kappa shape index (κ2) is 23.0. The Morgan fingerprint density at radius 1 is 0.526 bits per heavy atom. The summed E-state index contributed by atoms with van der Waals surface area (Å²) in [6.07, 6.45) is 10.4. The molecule has 0 saturated heterocycles. The lowest BCUT2D eigenvalue weighted by Gasteiger charge is -2.09. The lowest BCUT2D eigenvalue weighted by molar-refractivity contribution is -0.138. The van der Waals surface area contributed by atoms with E-state index >= 15 is 0 Å². The van der Waals surface area contributed by atoms with Gasteiger partial charge in [-0.05, 0) is 114 Å². The topological polar surface area (TPSA) is 97.4 Å². The molecule has 5 aromatic rings. The highest BCUT2D eigenvalue weighted by Gasteiger charge is 2.10. The molecule has 0 N–H and O–H groups in total. The monoisotopic (exact) mass is 770 g/mol. The van der Waals surface area contributed by atoms with Crippen LogP contribution in [0.4, 0.5) is 0 Å². The highest BCUT2D eigenvalue weighted by Crippen LogP contribution is 2.31. The van der Waals surface area contributed by atoms with Gasteiger partial charge < -0.3 is 23.7 Å². The van der Waals surface area contributed by atoms with Crippen molar-refractivity contribution in [1.82, 2.24) is 0 Å². The molecule has 0 aliphatic heterocycles. The largest absolute Gasteiger partial charge is 0.494 e. The first-order valence-electron chi connectivity index (χ1n) is 19.5. The van der Waals surface area contributed by atoms with Crippen LogP contribution in [0, 0.1) is 0 Å². The Morgan fingerprint density at radius 3 is 1.37 bits per heavy atom. The summed E-state index contributed by atoms with van der Waals surface area (Å²) in [5.74, 6) is 1.42. The number of rotatable bonds is 20. The molecule has 5 rings (SSSR count). The lowest BCUT2D eigenvalue weighted by atomic mass is 10.0. The summed E-state index contributed by atoms with van der Waals surface area (Å²) in [6, 6.07) is 31.1. The number of carbonyl (C=O) groups is 3. The Kier molecular flexibility index (Phi) is 17.6. The molecular weight excluding hydrogens is 717 g/mol. The van der Waals surface area contributed by atoms with Gasteiger partial charge in [-0.3, -0.25) is 0 Å². The molecule has 0 radical (unpaired) electrons. The van der Waals surface area contributed by atoms with Crippen LogP contribution < -0.4 is 18.9 Å². The van der Waals surface area contributed by atoms with Crippen LogP contribution in [0.2, 0.25) is 0 Å². The maximum Gasteiger partial charge on any atom is 0.338 e. The second-order valence-electron chi connectivity index (χ2n) is 13.8. The third kappa shape index (κ3) is 14.5. The van der Waals surface area contributed by atoms with Crippen molar-refractivity contribution in [3.63, 3.8) is 0 Å². The third-order valence-corrected chi connectivity index (χ3v) is 8.92. The molecule has 0 aliphatic rings. The van der Waals surface area contributed by atoms with Crippen LogP contribution in [0.25, 0.3) is 32.7 Å². The molecule has 298 valence electrons. The fourth-order valence-corrected chi connectivity index (χ4v) is 5.73. The minimum Gasteiger partial charge on any atom is -0.494 e. The van der Waals surface area contributed by atoms with Gasteiger partial charge in [-0.2, -0.15) is 0 Å². The molecule has 0 fully saturated rings. The van der Waals surface area contributed by atoms with Crippen LogP contribution in [0.1, 0.15) is 72.1 Å². The maximum atomic E-state index is 11.7. The van der Waals surface area contributed by atoms with Gasteiger partial charge in [0.1, 0.15) is 23.0 Å². The number of carbonyl (C=O) groups excluding carboxylic acids is 3. The van der Waals surface area contributed by atoms with E-state index in [-0.39, 0.29) is 5.97 Å². The van der Waals surface area contributed by atoms with Crippen LogP contribution in [-0.2, 0) is 19.1 Å². The maximum absolute atomic E-state index is 11.7. The number of hydrogen-bond acceptors (Lipinski definition) is 8. The quantitative estimate of drug-likeness (QED) is 0.0254. The van der Waals surface area contributed by atoms with Gasteiger partial charge in [-0.1, -0.05) is 107 Å². The summed E-state index contributed by atoms with van der Waals surface area (Å²) in [5.41, 5.74) is 2.99. The van der Waals surface area contributed by atoms with Crippen molar-refractivity contribution in [3.05, 3.63) is 134 Å². The summed E-state index contributed by atoms with van der Waals surface area (Å²) < 4.78 is 27.1. The molecule has 0 aliphatic carbocycles. The Morgan fingerprint density at radius 2 is 0.930 bits per heavy atom. The van der Waals surface area contributed by atoms with Crippen LogP contribution in [-0.4, -0.2) is 37.7 Å². The summed E-state index contributed by atoms with van der Waals surface area (Å²) in [7, 11) is 0. The van der Waals surface area contributed by atoms with Gasteiger partial charge >= 0.3 is 17.9 Å². The number of esters is 3. The minimum absolute atomic E-state index is 0.348. The summed E-state index contributed by atoms with van der Waals surface area (Å²) in [6.45, 7) is 17.8. The number of unbranched alkanes of at least 4 members (excludes halogenated alkanes) is 6. The molecule has 8 nitrogen and oxygen atoms in total. The van der Waals surface area contributed by atoms with Crippen molar-refractivity contribution >= 4 is 39.5 Å². The molecule has 57 heavy (non-hydrogen) atoms. The average molecular weight is 771 g/mol. The fourth-order valence-electron chi connectivity index (χ4n) is 5.73. The van der Waals surface area contributed by atoms with E-state index in [1.165, 1.54) is 38.2 Å². The predicted molar refractivity (Wildman–Crippen MR) is 229 cm³/mol. The van der Waals surface area contributed by atoms with Crippen molar-refractivity contribution in [3.8, 4) is 34.1 Å². The second-order valence-corrected chi connectivity index (χ2v) is 13.8. The van der Waals surface area contributed by atoms with Gasteiger partial charge in [0.25, 0.3) is 0 Å². The molecule has 0 heterocycles. The van der Waals surface area contributed by atoms with Gasteiger partial charge in [-0.25, -0.2) is 14.4 Å². The van der Waals surface area contributed by atoms with Crippen molar-refractivity contribution in [2.24, 2.45) is 0 Å². The molecule has 5 aromatic carbocycles. The summed E-state index contributed by atoms with van der Waals surface area (Å²) in [4.78, 5) is 34.3. The van der Waals surface area contributed by atoms with E-state index in [9.17, 15) is 14.4 Å². The van der Waals surface area contributed by atoms with Crippen molar-refractivity contribution in [1.29, 1.82) is 0 Å². The zero-order valence-electron chi connectivity index (χ0n) is 33.5. The molecule has 0 spiro atoms. The first kappa shape index (κ1) is 43.6. The molecule has 0 amide bonds.